The van der Waals surface area contributed by atoms with E-state index in [1.807, 2.05) is 0 Å². The molecule has 2 N–H and O–H groups in total. The van der Waals surface area contributed by atoms with Crippen LogP contribution >= 0.6 is 0 Å². The lowest BCUT2D eigenvalue weighted by Gasteiger charge is -2.30. The topological polar surface area (TPSA) is 62.2 Å². The fraction of sp³-hybridized carbons (Fsp3) is 0.200. The summed E-state index contributed by atoms with van der Waals surface area (Å²) in [4.78, 5) is 14.8. The number of aromatic nitrogens is 1. The van der Waals surface area contributed by atoms with Crippen molar-refractivity contribution in [2.75, 3.05) is 11.9 Å². The van der Waals surface area contributed by atoms with Gasteiger partial charge in [-0.3, -0.25) is 0 Å². The van der Waals surface area contributed by atoms with Crippen molar-refractivity contribution in [1.29, 1.82) is 0 Å². The number of rotatable bonds is 4. The molecule has 4 nitrogen and oxygen atoms in total. The van der Waals surface area contributed by atoms with Crippen molar-refractivity contribution in [3.63, 3.8) is 0 Å². The molecule has 0 radical (unpaired) electrons. The smallest absolute Gasteiger partial charge is 0.337 e. The molecule has 3 rings (SSSR count). The van der Waals surface area contributed by atoms with Gasteiger partial charge in [0, 0.05) is 18.7 Å². The van der Waals surface area contributed by atoms with Gasteiger partial charge < -0.3 is 10.4 Å². The van der Waals surface area contributed by atoms with Crippen LogP contribution in [0.3, 0.4) is 0 Å². The zero-order valence-electron chi connectivity index (χ0n) is 10.3. The summed E-state index contributed by atoms with van der Waals surface area (Å²) in [5.41, 5.74) is 3.03. The number of nitrogens with zero attached hydrogens (tertiary/aromatic N) is 1. The maximum absolute atomic E-state index is 10.7. The third-order valence-electron chi connectivity index (χ3n) is 3.50. The minimum absolute atomic E-state index is 0.208. The summed E-state index contributed by atoms with van der Waals surface area (Å²) in [6.07, 6.45) is 2.47. The van der Waals surface area contributed by atoms with E-state index in [2.05, 4.69) is 34.6 Å². The van der Waals surface area contributed by atoms with Crippen molar-refractivity contribution in [3.05, 3.63) is 59.3 Å². The number of hydrogen-bond acceptors (Lipinski definition) is 3. The van der Waals surface area contributed by atoms with Crippen LogP contribution in [0.5, 0.6) is 0 Å². The van der Waals surface area contributed by atoms with Gasteiger partial charge in [-0.15, -0.1) is 0 Å². The highest BCUT2D eigenvalue weighted by Crippen LogP contribution is 2.34. The first-order chi connectivity index (χ1) is 9.24. The molecule has 1 atom stereocenters. The minimum Gasteiger partial charge on any atom is -0.478 e. The molecule has 0 aliphatic heterocycles. The lowest BCUT2D eigenvalue weighted by atomic mass is 9.77. The molecule has 0 amide bonds. The molecular formula is C15H14N2O2. The Kier molecular flexibility index (Phi) is 2.91. The molecule has 1 heterocycles. The predicted octanol–water partition coefficient (Wildman–Crippen LogP) is 2.53. The normalized spacial score (nSPS) is 16.3. The summed E-state index contributed by atoms with van der Waals surface area (Å²) >= 11 is 0. The second-order valence-electron chi connectivity index (χ2n) is 4.72. The number of hydrogen-bond donors (Lipinski definition) is 2. The van der Waals surface area contributed by atoms with Crippen LogP contribution in [0.2, 0.25) is 0 Å². The van der Waals surface area contributed by atoms with Crippen LogP contribution in [-0.4, -0.2) is 22.6 Å². The molecule has 96 valence electrons. The quantitative estimate of drug-likeness (QED) is 0.880. The molecule has 1 unspecified atom stereocenters. The summed E-state index contributed by atoms with van der Waals surface area (Å²) < 4.78 is 0. The molecule has 0 saturated carbocycles. The summed E-state index contributed by atoms with van der Waals surface area (Å²) in [6.45, 7) is 0.830. The monoisotopic (exact) mass is 254 g/mol. The van der Waals surface area contributed by atoms with Crippen LogP contribution < -0.4 is 5.32 Å². The molecule has 1 aliphatic rings. The van der Waals surface area contributed by atoms with Gasteiger partial charge in [-0.1, -0.05) is 24.3 Å². The van der Waals surface area contributed by atoms with Crippen molar-refractivity contribution in [2.45, 2.75) is 12.3 Å². The average Bonchev–Trinajstić information content (AvgIpc) is 2.40. The van der Waals surface area contributed by atoms with E-state index in [-0.39, 0.29) is 5.56 Å². The third kappa shape index (κ3) is 2.29. The maximum Gasteiger partial charge on any atom is 0.337 e. The number of aromatic carboxylic acids is 1. The van der Waals surface area contributed by atoms with Crippen molar-refractivity contribution >= 4 is 11.8 Å². The van der Waals surface area contributed by atoms with E-state index in [0.29, 0.717) is 5.92 Å². The van der Waals surface area contributed by atoms with E-state index >= 15 is 0 Å². The average molecular weight is 254 g/mol. The van der Waals surface area contributed by atoms with Gasteiger partial charge in [0.05, 0.1) is 5.56 Å². The Hall–Kier alpha value is -2.36. The highest BCUT2D eigenvalue weighted by Gasteiger charge is 2.24. The van der Waals surface area contributed by atoms with Crippen molar-refractivity contribution in [2.24, 2.45) is 0 Å². The molecular weight excluding hydrogens is 240 g/mol. The number of carbonyl (C=O) groups is 1. The Morgan fingerprint density at radius 1 is 1.32 bits per heavy atom. The Morgan fingerprint density at radius 3 is 2.84 bits per heavy atom. The number of pyridine rings is 1. The third-order valence-corrected chi connectivity index (χ3v) is 3.50. The van der Waals surface area contributed by atoms with E-state index in [9.17, 15) is 4.79 Å². The molecule has 0 bridgehead atoms. The SMILES string of the molecule is O=C(O)c1ccc(NCC2Cc3ccccc32)nc1. The largest absolute Gasteiger partial charge is 0.478 e. The lowest BCUT2D eigenvalue weighted by molar-refractivity contribution is 0.0696. The number of benzene rings is 1. The molecule has 0 fully saturated rings. The number of nitrogens with one attached hydrogen (secondary N) is 1. The van der Waals surface area contributed by atoms with Crippen LogP contribution in [0.15, 0.2) is 42.6 Å². The fourth-order valence-electron chi connectivity index (χ4n) is 2.40. The number of anilines is 1. The van der Waals surface area contributed by atoms with E-state index in [1.165, 1.54) is 17.3 Å². The van der Waals surface area contributed by atoms with Gasteiger partial charge in [0.1, 0.15) is 5.82 Å². The van der Waals surface area contributed by atoms with E-state index in [1.54, 1.807) is 12.1 Å². The van der Waals surface area contributed by atoms with Gasteiger partial charge in [0.15, 0.2) is 0 Å². The zero-order valence-corrected chi connectivity index (χ0v) is 10.3. The van der Waals surface area contributed by atoms with Crippen molar-refractivity contribution in [3.8, 4) is 0 Å². The number of fused-ring (bicyclic) bond motifs is 1. The maximum atomic E-state index is 10.7. The van der Waals surface area contributed by atoms with Gasteiger partial charge >= 0.3 is 5.97 Å². The van der Waals surface area contributed by atoms with Gasteiger partial charge in [-0.05, 0) is 29.7 Å². The Bertz CT molecular complexity index is 608. The first-order valence-corrected chi connectivity index (χ1v) is 6.25. The lowest BCUT2D eigenvalue weighted by Crippen LogP contribution is -2.24. The Labute approximate surface area is 111 Å². The molecule has 0 saturated heterocycles. The highest BCUT2D eigenvalue weighted by molar-refractivity contribution is 5.87. The molecule has 0 spiro atoms. The number of carboxylic acid groups (broad SMARTS) is 1. The molecule has 4 heteroatoms. The fourth-order valence-corrected chi connectivity index (χ4v) is 2.40. The molecule has 2 aromatic rings. The highest BCUT2D eigenvalue weighted by atomic mass is 16.4. The summed E-state index contributed by atoms with van der Waals surface area (Å²) in [6, 6.07) is 11.7. The van der Waals surface area contributed by atoms with Crippen LogP contribution in [0, 0.1) is 0 Å². The van der Waals surface area contributed by atoms with Crippen LogP contribution in [0.1, 0.15) is 27.4 Å². The Balaban J connectivity index is 1.60. The predicted molar refractivity (Wildman–Crippen MR) is 72.6 cm³/mol. The van der Waals surface area contributed by atoms with Crippen molar-refractivity contribution < 1.29 is 9.90 Å². The Morgan fingerprint density at radius 2 is 2.16 bits per heavy atom. The standard InChI is InChI=1S/C15H14N2O2/c18-15(19)11-5-6-14(16-8-11)17-9-12-7-10-3-1-2-4-13(10)12/h1-6,8,12H,7,9H2,(H,16,17)(H,18,19). The summed E-state index contributed by atoms with van der Waals surface area (Å²) in [7, 11) is 0. The molecule has 19 heavy (non-hydrogen) atoms. The van der Waals surface area contributed by atoms with E-state index in [0.717, 1.165) is 18.8 Å². The van der Waals surface area contributed by atoms with Gasteiger partial charge in [-0.2, -0.15) is 0 Å². The van der Waals surface area contributed by atoms with Gasteiger partial charge in [0.25, 0.3) is 0 Å². The second kappa shape index (κ2) is 4.72. The first-order valence-electron chi connectivity index (χ1n) is 6.25. The van der Waals surface area contributed by atoms with Crippen LogP contribution in [0.25, 0.3) is 0 Å². The van der Waals surface area contributed by atoms with Gasteiger partial charge in [-0.25, -0.2) is 9.78 Å². The number of carboxylic acids is 1. The van der Waals surface area contributed by atoms with Crippen molar-refractivity contribution in [1.82, 2.24) is 4.98 Å². The van der Waals surface area contributed by atoms with Crippen LogP contribution in [0.4, 0.5) is 5.82 Å². The van der Waals surface area contributed by atoms with E-state index < -0.39 is 5.97 Å². The summed E-state index contributed by atoms with van der Waals surface area (Å²) in [5.74, 6) is 0.290. The first kappa shape index (κ1) is 11.7. The van der Waals surface area contributed by atoms with Crippen LogP contribution in [-0.2, 0) is 6.42 Å². The minimum atomic E-state index is -0.952. The van der Waals surface area contributed by atoms with Gasteiger partial charge in [0.2, 0.25) is 0 Å². The second-order valence-corrected chi connectivity index (χ2v) is 4.72. The molecule has 1 aliphatic carbocycles. The molecule has 1 aromatic heterocycles. The summed E-state index contributed by atoms with van der Waals surface area (Å²) in [5, 5.41) is 12.0. The molecule has 1 aromatic carbocycles. The van der Waals surface area contributed by atoms with E-state index in [4.69, 9.17) is 5.11 Å². The zero-order chi connectivity index (χ0) is 13.2.